The van der Waals surface area contributed by atoms with Crippen LogP contribution in [0.5, 0.6) is 5.75 Å². The van der Waals surface area contributed by atoms with Crippen LogP contribution in [0.25, 0.3) is 22.2 Å². The number of benzene rings is 3. The topological polar surface area (TPSA) is 68.2 Å². The first-order valence-corrected chi connectivity index (χ1v) is 9.09. The van der Waals surface area contributed by atoms with Gasteiger partial charge in [-0.3, -0.25) is 10.1 Å². The second kappa shape index (κ2) is 7.56. The second-order valence-corrected chi connectivity index (χ2v) is 6.67. The molecule has 0 radical (unpaired) electrons. The number of H-pyrrole nitrogens is 1. The monoisotopic (exact) mass is 372 g/mol. The molecule has 1 atom stereocenters. The zero-order chi connectivity index (χ0) is 19.5. The number of methoxy groups -OCH3 is 1. The van der Waals surface area contributed by atoms with Crippen LogP contribution >= 0.6 is 0 Å². The molecular weight excluding hydrogens is 352 g/mol. The van der Waals surface area contributed by atoms with Gasteiger partial charge in [-0.1, -0.05) is 60.7 Å². The van der Waals surface area contributed by atoms with E-state index in [0.717, 1.165) is 33.3 Å². The van der Waals surface area contributed by atoms with E-state index in [1.54, 1.807) is 7.11 Å². The van der Waals surface area contributed by atoms with Crippen LogP contribution in [0.3, 0.4) is 0 Å². The number of ether oxygens (including phenoxy) is 1. The molecule has 0 amide bonds. The molecule has 0 fully saturated rings. The number of para-hydroxylation sites is 1. The van der Waals surface area contributed by atoms with E-state index >= 15 is 0 Å². The molecule has 3 aromatic carbocycles. The average molecular weight is 372 g/mol. The van der Waals surface area contributed by atoms with Gasteiger partial charge in [0, 0.05) is 15.8 Å². The van der Waals surface area contributed by atoms with Crippen molar-refractivity contribution >= 4 is 10.9 Å². The van der Waals surface area contributed by atoms with Gasteiger partial charge in [0.15, 0.2) is 0 Å². The van der Waals surface area contributed by atoms with Crippen LogP contribution in [0.2, 0.25) is 0 Å². The molecule has 140 valence electrons. The summed E-state index contributed by atoms with van der Waals surface area (Å²) in [5.41, 5.74) is 4.68. The van der Waals surface area contributed by atoms with Crippen LogP contribution in [0.1, 0.15) is 17.0 Å². The largest absolute Gasteiger partial charge is 0.497 e. The van der Waals surface area contributed by atoms with Crippen LogP contribution < -0.4 is 4.74 Å². The maximum Gasteiger partial charge on any atom is 0.214 e. The smallest absolute Gasteiger partial charge is 0.214 e. The summed E-state index contributed by atoms with van der Waals surface area (Å²) in [6.45, 7) is -0.200. The van der Waals surface area contributed by atoms with Crippen molar-refractivity contribution in [2.24, 2.45) is 0 Å². The predicted molar refractivity (Wildman–Crippen MR) is 110 cm³/mol. The van der Waals surface area contributed by atoms with E-state index in [0.29, 0.717) is 5.75 Å². The Morgan fingerprint density at radius 2 is 1.75 bits per heavy atom. The molecule has 1 N–H and O–H groups in total. The molecule has 0 aliphatic heterocycles. The van der Waals surface area contributed by atoms with Crippen molar-refractivity contribution in [3.05, 3.63) is 100 Å². The van der Waals surface area contributed by atoms with Crippen molar-refractivity contribution in [1.82, 2.24) is 4.98 Å². The van der Waals surface area contributed by atoms with Gasteiger partial charge >= 0.3 is 0 Å². The van der Waals surface area contributed by atoms with Crippen LogP contribution in [-0.2, 0) is 0 Å². The number of hydrogen-bond donors (Lipinski definition) is 1. The maximum atomic E-state index is 11.6. The fraction of sp³-hybridized carbons (Fsp3) is 0.130. The Morgan fingerprint density at radius 3 is 2.50 bits per heavy atom. The van der Waals surface area contributed by atoms with Crippen LogP contribution in [0, 0.1) is 10.1 Å². The Balaban J connectivity index is 1.98. The molecule has 4 rings (SSSR count). The van der Waals surface area contributed by atoms with E-state index in [9.17, 15) is 10.1 Å². The SMILES string of the molecule is COc1cccc(C(C[N+](=O)[O-])c2c(-c3ccccc3)[nH]c3ccccc23)c1. The highest BCUT2D eigenvalue weighted by Gasteiger charge is 2.27. The fourth-order valence-electron chi connectivity index (χ4n) is 3.73. The summed E-state index contributed by atoms with van der Waals surface area (Å²) in [4.78, 5) is 14.8. The molecule has 0 saturated heterocycles. The molecule has 0 saturated carbocycles. The Labute approximate surface area is 162 Å². The molecular formula is C23H20N2O3. The lowest BCUT2D eigenvalue weighted by Gasteiger charge is -2.16. The quantitative estimate of drug-likeness (QED) is 0.371. The Hall–Kier alpha value is -3.60. The number of hydrogen-bond acceptors (Lipinski definition) is 3. The minimum Gasteiger partial charge on any atom is -0.497 e. The first kappa shape index (κ1) is 17.8. The lowest BCUT2D eigenvalue weighted by Crippen LogP contribution is -2.14. The lowest BCUT2D eigenvalue weighted by molar-refractivity contribution is -0.481. The van der Waals surface area contributed by atoms with Crippen LogP contribution in [-0.4, -0.2) is 23.6 Å². The van der Waals surface area contributed by atoms with Gasteiger partial charge in [0.1, 0.15) is 5.75 Å². The molecule has 0 spiro atoms. The molecule has 28 heavy (non-hydrogen) atoms. The lowest BCUT2D eigenvalue weighted by atomic mass is 9.87. The zero-order valence-corrected chi connectivity index (χ0v) is 15.5. The van der Waals surface area contributed by atoms with Gasteiger partial charge in [-0.05, 0) is 34.9 Å². The van der Waals surface area contributed by atoms with Gasteiger partial charge in [-0.2, -0.15) is 0 Å². The van der Waals surface area contributed by atoms with E-state index in [1.807, 2.05) is 78.9 Å². The highest BCUT2D eigenvalue weighted by molar-refractivity contribution is 5.92. The minimum absolute atomic E-state index is 0.200. The Bertz CT molecular complexity index is 1120. The highest BCUT2D eigenvalue weighted by Crippen LogP contribution is 2.39. The second-order valence-electron chi connectivity index (χ2n) is 6.67. The summed E-state index contributed by atoms with van der Waals surface area (Å²) < 4.78 is 5.35. The summed E-state index contributed by atoms with van der Waals surface area (Å²) >= 11 is 0. The van der Waals surface area contributed by atoms with Gasteiger partial charge in [-0.15, -0.1) is 0 Å². The van der Waals surface area contributed by atoms with E-state index < -0.39 is 5.92 Å². The van der Waals surface area contributed by atoms with E-state index in [4.69, 9.17) is 4.74 Å². The number of aromatic nitrogens is 1. The summed E-state index contributed by atoms with van der Waals surface area (Å²) in [7, 11) is 1.60. The zero-order valence-electron chi connectivity index (χ0n) is 15.5. The summed E-state index contributed by atoms with van der Waals surface area (Å²) in [5, 5.41) is 12.6. The van der Waals surface area contributed by atoms with Crippen LogP contribution in [0.15, 0.2) is 78.9 Å². The van der Waals surface area contributed by atoms with Crippen LogP contribution in [0.4, 0.5) is 0 Å². The third-order valence-electron chi connectivity index (χ3n) is 4.98. The van der Waals surface area contributed by atoms with Crippen molar-refractivity contribution in [3.8, 4) is 17.0 Å². The molecule has 5 nitrogen and oxygen atoms in total. The number of nitro groups is 1. The van der Waals surface area contributed by atoms with E-state index in [-0.39, 0.29) is 11.5 Å². The molecule has 1 unspecified atom stereocenters. The minimum atomic E-state index is -0.406. The third-order valence-corrected chi connectivity index (χ3v) is 4.98. The number of fused-ring (bicyclic) bond motifs is 1. The van der Waals surface area contributed by atoms with Gasteiger partial charge in [0.25, 0.3) is 0 Å². The van der Waals surface area contributed by atoms with Gasteiger partial charge < -0.3 is 9.72 Å². The maximum absolute atomic E-state index is 11.6. The van der Waals surface area contributed by atoms with E-state index in [2.05, 4.69) is 4.98 Å². The molecule has 4 aromatic rings. The fourth-order valence-corrected chi connectivity index (χ4v) is 3.73. The number of nitrogens with zero attached hydrogens (tertiary/aromatic N) is 1. The summed E-state index contributed by atoms with van der Waals surface area (Å²) in [6.07, 6.45) is 0. The predicted octanol–water partition coefficient (Wildman–Crippen LogP) is 5.25. The van der Waals surface area contributed by atoms with Crippen molar-refractivity contribution in [2.45, 2.75) is 5.92 Å². The Kier molecular flexibility index (Phi) is 4.81. The molecule has 1 heterocycles. The van der Waals surface area contributed by atoms with Crippen molar-refractivity contribution in [2.75, 3.05) is 13.7 Å². The Morgan fingerprint density at radius 1 is 1.00 bits per heavy atom. The standard InChI is InChI=1S/C23H20N2O3/c1-28-18-11-7-10-17(14-18)20(15-25(26)27)22-19-12-5-6-13-21(19)24-23(22)16-8-3-2-4-9-16/h2-14,20,24H,15H2,1H3. The molecule has 0 bridgehead atoms. The van der Waals surface area contributed by atoms with E-state index in [1.165, 1.54) is 0 Å². The molecule has 0 aliphatic carbocycles. The van der Waals surface area contributed by atoms with Gasteiger partial charge in [-0.25, -0.2) is 0 Å². The van der Waals surface area contributed by atoms with Gasteiger partial charge in [0.2, 0.25) is 6.54 Å². The number of aromatic amines is 1. The molecule has 0 aliphatic rings. The number of rotatable bonds is 6. The normalized spacial score (nSPS) is 12.0. The average Bonchev–Trinajstić information content (AvgIpc) is 3.12. The summed E-state index contributed by atoms with van der Waals surface area (Å²) in [5.74, 6) is 0.281. The highest BCUT2D eigenvalue weighted by atomic mass is 16.6. The van der Waals surface area contributed by atoms with Crippen molar-refractivity contribution < 1.29 is 9.66 Å². The van der Waals surface area contributed by atoms with Crippen molar-refractivity contribution in [1.29, 1.82) is 0 Å². The first-order chi connectivity index (χ1) is 13.7. The summed E-state index contributed by atoms with van der Waals surface area (Å²) in [6, 6.07) is 25.4. The first-order valence-electron chi connectivity index (χ1n) is 9.09. The van der Waals surface area contributed by atoms with Gasteiger partial charge in [0.05, 0.1) is 18.7 Å². The molecule has 5 heteroatoms. The third kappa shape index (κ3) is 3.34. The number of nitrogens with one attached hydrogen (secondary N) is 1. The van der Waals surface area contributed by atoms with Crippen molar-refractivity contribution in [3.63, 3.8) is 0 Å². The molecule has 1 aromatic heterocycles.